The first kappa shape index (κ1) is 19.0. The lowest BCUT2D eigenvalue weighted by Crippen LogP contribution is -2.30. The van der Waals surface area contributed by atoms with Crippen molar-refractivity contribution >= 4 is 21.6 Å². The zero-order valence-corrected chi connectivity index (χ0v) is 15.9. The number of hydrogen-bond acceptors (Lipinski definition) is 3. The summed E-state index contributed by atoms with van der Waals surface area (Å²) >= 11 is 0. The van der Waals surface area contributed by atoms with Gasteiger partial charge in [0, 0.05) is 24.3 Å². The molecule has 5 nitrogen and oxygen atoms in total. The van der Waals surface area contributed by atoms with E-state index in [9.17, 15) is 13.2 Å². The van der Waals surface area contributed by atoms with Gasteiger partial charge < -0.3 is 4.90 Å². The number of rotatable bonds is 6. The van der Waals surface area contributed by atoms with E-state index in [-0.39, 0.29) is 10.8 Å². The Morgan fingerprint density at radius 3 is 2.32 bits per heavy atom. The van der Waals surface area contributed by atoms with Crippen LogP contribution >= 0.6 is 0 Å². The van der Waals surface area contributed by atoms with Crippen LogP contribution in [0.3, 0.4) is 0 Å². The van der Waals surface area contributed by atoms with Gasteiger partial charge in [0.25, 0.3) is 15.9 Å². The Balaban J connectivity index is 2.31. The summed E-state index contributed by atoms with van der Waals surface area (Å²) in [6, 6.07) is 11.8. The first-order chi connectivity index (χ1) is 11.8. The summed E-state index contributed by atoms with van der Waals surface area (Å²) in [5, 5.41) is 0. The van der Waals surface area contributed by atoms with Crippen molar-refractivity contribution in [3.8, 4) is 0 Å². The van der Waals surface area contributed by atoms with Gasteiger partial charge in [0.05, 0.1) is 4.90 Å². The quantitative estimate of drug-likeness (QED) is 0.856. The van der Waals surface area contributed by atoms with Gasteiger partial charge in [-0.05, 0) is 57.5 Å². The molecule has 2 rings (SSSR count). The number of nitrogens with zero attached hydrogens (tertiary/aromatic N) is 1. The molecular weight excluding hydrogens is 336 g/mol. The zero-order chi connectivity index (χ0) is 18.6. The molecular formula is C19H24N2O3S. The van der Waals surface area contributed by atoms with Crippen molar-refractivity contribution in [2.24, 2.45) is 0 Å². The molecule has 0 saturated carbocycles. The first-order valence-corrected chi connectivity index (χ1v) is 9.76. The number of nitrogens with one attached hydrogen (secondary N) is 1. The van der Waals surface area contributed by atoms with E-state index in [0.717, 1.165) is 5.56 Å². The smallest absolute Gasteiger partial charge is 0.262 e. The number of hydrogen-bond donors (Lipinski definition) is 1. The standard InChI is InChI=1S/C19H24N2O3S/c1-5-21(6-2)19(22)16-8-7-9-17(13-16)20-25(23,24)18-11-10-14(3)12-15(18)4/h7-13,20H,5-6H2,1-4H3. The van der Waals surface area contributed by atoms with Crippen LogP contribution in [0.2, 0.25) is 0 Å². The molecule has 0 aliphatic carbocycles. The lowest BCUT2D eigenvalue weighted by Gasteiger charge is -2.19. The molecule has 2 aromatic rings. The van der Waals surface area contributed by atoms with Crippen LogP contribution in [0.15, 0.2) is 47.4 Å². The van der Waals surface area contributed by atoms with Gasteiger partial charge in [-0.15, -0.1) is 0 Å². The molecule has 0 aliphatic rings. The second kappa shape index (κ2) is 7.70. The largest absolute Gasteiger partial charge is 0.339 e. The van der Waals surface area contributed by atoms with Crippen molar-refractivity contribution in [3.63, 3.8) is 0 Å². The molecule has 2 aromatic carbocycles. The Morgan fingerprint density at radius 2 is 1.72 bits per heavy atom. The molecule has 0 spiro atoms. The molecule has 0 heterocycles. The lowest BCUT2D eigenvalue weighted by molar-refractivity contribution is 0.0773. The summed E-state index contributed by atoms with van der Waals surface area (Å²) in [7, 11) is -3.71. The minimum Gasteiger partial charge on any atom is -0.339 e. The fourth-order valence-electron chi connectivity index (χ4n) is 2.72. The van der Waals surface area contributed by atoms with E-state index < -0.39 is 10.0 Å². The fourth-order valence-corrected chi connectivity index (χ4v) is 4.00. The maximum atomic E-state index is 12.7. The molecule has 0 saturated heterocycles. The van der Waals surface area contributed by atoms with Crippen LogP contribution in [0.25, 0.3) is 0 Å². The molecule has 0 unspecified atom stereocenters. The molecule has 0 fully saturated rings. The summed E-state index contributed by atoms with van der Waals surface area (Å²) in [5.41, 5.74) is 2.52. The number of anilines is 1. The molecule has 25 heavy (non-hydrogen) atoms. The van der Waals surface area contributed by atoms with Gasteiger partial charge in [-0.25, -0.2) is 8.42 Å². The number of benzene rings is 2. The second-order valence-electron chi connectivity index (χ2n) is 5.93. The Labute approximate surface area is 149 Å². The van der Waals surface area contributed by atoms with E-state index in [1.54, 1.807) is 48.2 Å². The van der Waals surface area contributed by atoms with Crippen molar-refractivity contribution in [2.45, 2.75) is 32.6 Å². The van der Waals surface area contributed by atoms with Gasteiger partial charge in [-0.2, -0.15) is 0 Å². The maximum Gasteiger partial charge on any atom is 0.262 e. The van der Waals surface area contributed by atoms with E-state index in [0.29, 0.717) is 29.9 Å². The summed E-state index contributed by atoms with van der Waals surface area (Å²) in [5.74, 6) is -0.113. The summed E-state index contributed by atoms with van der Waals surface area (Å²) in [6.45, 7) is 8.71. The Kier molecular flexibility index (Phi) is 5.85. The fraction of sp³-hybridized carbons (Fsp3) is 0.316. The monoisotopic (exact) mass is 360 g/mol. The van der Waals surface area contributed by atoms with Crippen LogP contribution in [0.5, 0.6) is 0 Å². The van der Waals surface area contributed by atoms with Crippen molar-refractivity contribution in [1.82, 2.24) is 4.90 Å². The highest BCUT2D eigenvalue weighted by molar-refractivity contribution is 7.92. The zero-order valence-electron chi connectivity index (χ0n) is 15.0. The van der Waals surface area contributed by atoms with Gasteiger partial charge in [-0.3, -0.25) is 9.52 Å². The van der Waals surface area contributed by atoms with Gasteiger partial charge >= 0.3 is 0 Å². The third-order valence-electron chi connectivity index (χ3n) is 4.03. The first-order valence-electron chi connectivity index (χ1n) is 8.28. The molecule has 0 bridgehead atoms. The molecule has 0 radical (unpaired) electrons. The van der Waals surface area contributed by atoms with Crippen molar-refractivity contribution < 1.29 is 13.2 Å². The minimum atomic E-state index is -3.71. The van der Waals surface area contributed by atoms with E-state index >= 15 is 0 Å². The predicted molar refractivity (Wildman–Crippen MR) is 100 cm³/mol. The average Bonchev–Trinajstić information content (AvgIpc) is 2.55. The van der Waals surface area contributed by atoms with Crippen molar-refractivity contribution in [1.29, 1.82) is 0 Å². The van der Waals surface area contributed by atoms with Crippen LogP contribution in [0.1, 0.15) is 35.3 Å². The van der Waals surface area contributed by atoms with Crippen LogP contribution in [0.4, 0.5) is 5.69 Å². The van der Waals surface area contributed by atoms with Crippen LogP contribution < -0.4 is 4.72 Å². The maximum absolute atomic E-state index is 12.7. The summed E-state index contributed by atoms with van der Waals surface area (Å²) < 4.78 is 27.9. The SMILES string of the molecule is CCN(CC)C(=O)c1cccc(NS(=O)(=O)c2ccc(C)cc2C)c1. The number of carbonyl (C=O) groups excluding carboxylic acids is 1. The second-order valence-corrected chi connectivity index (χ2v) is 7.58. The van der Waals surface area contributed by atoms with Gasteiger partial charge in [0.15, 0.2) is 0 Å². The number of carbonyl (C=O) groups is 1. The minimum absolute atomic E-state index is 0.113. The molecule has 1 N–H and O–H groups in total. The van der Waals surface area contributed by atoms with Crippen LogP contribution in [-0.2, 0) is 10.0 Å². The Hall–Kier alpha value is -2.34. The predicted octanol–water partition coefficient (Wildman–Crippen LogP) is 3.59. The Bertz CT molecular complexity index is 872. The van der Waals surface area contributed by atoms with Crippen molar-refractivity contribution in [2.75, 3.05) is 17.8 Å². The van der Waals surface area contributed by atoms with E-state index in [1.807, 2.05) is 26.8 Å². The topological polar surface area (TPSA) is 66.5 Å². The molecule has 0 aromatic heterocycles. The highest BCUT2D eigenvalue weighted by atomic mass is 32.2. The highest BCUT2D eigenvalue weighted by Gasteiger charge is 2.18. The normalized spacial score (nSPS) is 11.2. The van der Waals surface area contributed by atoms with Gasteiger partial charge in [-0.1, -0.05) is 23.8 Å². The molecule has 0 atom stereocenters. The number of amides is 1. The lowest BCUT2D eigenvalue weighted by atomic mass is 10.2. The molecule has 6 heteroatoms. The van der Waals surface area contributed by atoms with E-state index in [2.05, 4.69) is 4.72 Å². The molecule has 0 aliphatic heterocycles. The van der Waals surface area contributed by atoms with Gasteiger partial charge in [0.1, 0.15) is 0 Å². The third kappa shape index (κ3) is 4.39. The third-order valence-corrected chi connectivity index (χ3v) is 5.57. The average molecular weight is 360 g/mol. The van der Waals surface area contributed by atoms with Crippen LogP contribution in [0, 0.1) is 13.8 Å². The van der Waals surface area contributed by atoms with E-state index in [1.165, 1.54) is 0 Å². The Morgan fingerprint density at radius 1 is 1.04 bits per heavy atom. The van der Waals surface area contributed by atoms with E-state index in [4.69, 9.17) is 0 Å². The highest BCUT2D eigenvalue weighted by Crippen LogP contribution is 2.21. The number of aryl methyl sites for hydroxylation is 2. The summed E-state index contributed by atoms with van der Waals surface area (Å²) in [4.78, 5) is 14.4. The molecule has 134 valence electrons. The van der Waals surface area contributed by atoms with Crippen molar-refractivity contribution in [3.05, 3.63) is 59.2 Å². The van der Waals surface area contributed by atoms with Gasteiger partial charge in [0.2, 0.25) is 0 Å². The number of sulfonamides is 1. The molecule has 1 amide bonds. The van der Waals surface area contributed by atoms with Crippen LogP contribution in [-0.4, -0.2) is 32.3 Å². The summed E-state index contributed by atoms with van der Waals surface area (Å²) in [6.07, 6.45) is 0.